The fourth-order valence-corrected chi connectivity index (χ4v) is 6.25. The summed E-state index contributed by atoms with van der Waals surface area (Å²) in [6, 6.07) is 13.1. The minimum absolute atomic E-state index is 0.166. The number of amides is 3. The summed E-state index contributed by atoms with van der Waals surface area (Å²) in [5.74, 6) is 1.58. The zero-order valence-electron chi connectivity index (χ0n) is 18.7. The Morgan fingerprint density at radius 1 is 0.909 bits per heavy atom. The van der Waals surface area contributed by atoms with E-state index in [9.17, 15) is 14.4 Å². The molecule has 0 spiro atoms. The van der Waals surface area contributed by atoms with E-state index in [0.29, 0.717) is 23.3 Å². The van der Waals surface area contributed by atoms with Gasteiger partial charge in [-0.2, -0.15) is 0 Å². The lowest BCUT2D eigenvalue weighted by Gasteiger charge is -2.37. The van der Waals surface area contributed by atoms with Crippen molar-refractivity contribution >= 4 is 23.4 Å². The van der Waals surface area contributed by atoms with Gasteiger partial charge in [-0.05, 0) is 91.5 Å². The average Bonchev–Trinajstić information content (AvgIpc) is 3.55. The summed E-state index contributed by atoms with van der Waals surface area (Å²) in [6.07, 6.45) is 5.40. The summed E-state index contributed by atoms with van der Waals surface area (Å²) < 4.78 is 5.91. The second-order valence-electron chi connectivity index (χ2n) is 9.92. The molecule has 3 amide bonds. The van der Waals surface area contributed by atoms with Crippen LogP contribution in [0.3, 0.4) is 0 Å². The maximum absolute atomic E-state index is 13.0. The summed E-state index contributed by atoms with van der Waals surface area (Å²) in [5, 5.41) is 2.80. The Balaban J connectivity index is 1.09. The molecule has 33 heavy (non-hydrogen) atoms. The maximum Gasteiger partial charge on any atom is 0.244 e. The third-order valence-corrected chi connectivity index (χ3v) is 7.62. The standard InChI is InChI=1S/C27H26N2O4/c1-14-9-15(2)11-18(10-14)33-17-5-3-16(4-6-17)28-23(30)13-29-26(31)24-19-7-8-20(22-12-21(19)22)25(24)27(29)32/h3-11,19-22,24-25H,12-13H2,1-2H3,(H,28,30)/t19-,20-,21-,22+,24+,25-/m1/s1. The third-order valence-electron chi connectivity index (χ3n) is 7.62. The van der Waals surface area contributed by atoms with E-state index in [1.54, 1.807) is 24.3 Å². The van der Waals surface area contributed by atoms with Crippen LogP contribution in [0.2, 0.25) is 0 Å². The van der Waals surface area contributed by atoms with E-state index in [-0.39, 0.29) is 47.9 Å². The Bertz CT molecular complexity index is 1140. The summed E-state index contributed by atoms with van der Waals surface area (Å²) in [6.45, 7) is 3.81. The summed E-state index contributed by atoms with van der Waals surface area (Å²) in [7, 11) is 0. The average molecular weight is 443 g/mol. The van der Waals surface area contributed by atoms with Crippen LogP contribution in [0.1, 0.15) is 17.5 Å². The van der Waals surface area contributed by atoms with Crippen LogP contribution >= 0.6 is 0 Å². The summed E-state index contributed by atoms with van der Waals surface area (Å²) >= 11 is 0. The van der Waals surface area contributed by atoms with Gasteiger partial charge in [0.2, 0.25) is 17.7 Å². The molecule has 4 aliphatic carbocycles. The SMILES string of the molecule is Cc1cc(C)cc(Oc2ccc(NC(=O)CN3C(=O)[C@@H]4[C@@H]5C=C[C@H]([C@H]6C[C@@H]56)[C@@H]4C3=O)cc2)c1. The summed E-state index contributed by atoms with van der Waals surface area (Å²) in [5.41, 5.74) is 2.84. The van der Waals surface area contributed by atoms with Crippen LogP contribution in [0.25, 0.3) is 0 Å². The lowest BCUT2D eigenvalue weighted by molar-refractivity contribution is -0.142. The molecule has 168 valence electrons. The van der Waals surface area contributed by atoms with Crippen molar-refractivity contribution in [2.75, 3.05) is 11.9 Å². The Labute approximate surface area is 192 Å². The van der Waals surface area contributed by atoms with Crippen molar-refractivity contribution in [1.82, 2.24) is 4.90 Å². The van der Waals surface area contributed by atoms with E-state index in [1.165, 1.54) is 4.90 Å². The lowest BCUT2D eigenvalue weighted by atomic mass is 9.63. The van der Waals surface area contributed by atoms with Gasteiger partial charge in [0.1, 0.15) is 18.0 Å². The maximum atomic E-state index is 13.0. The van der Waals surface area contributed by atoms with Gasteiger partial charge in [0.25, 0.3) is 0 Å². The molecule has 2 bridgehead atoms. The fraction of sp³-hybridized carbons (Fsp3) is 0.370. The number of hydrogen-bond acceptors (Lipinski definition) is 4. The van der Waals surface area contributed by atoms with Gasteiger partial charge in [0.15, 0.2) is 0 Å². The molecule has 1 N–H and O–H groups in total. The van der Waals surface area contributed by atoms with E-state index in [0.717, 1.165) is 23.3 Å². The molecule has 0 radical (unpaired) electrons. The smallest absolute Gasteiger partial charge is 0.244 e. The zero-order valence-corrected chi connectivity index (χ0v) is 18.7. The van der Waals surface area contributed by atoms with Gasteiger partial charge in [0.05, 0.1) is 11.8 Å². The molecule has 3 fully saturated rings. The number of imide groups is 1. The Morgan fingerprint density at radius 2 is 1.48 bits per heavy atom. The number of carbonyl (C=O) groups excluding carboxylic acids is 3. The van der Waals surface area contributed by atoms with Crippen LogP contribution in [0.15, 0.2) is 54.6 Å². The number of likely N-dealkylation sites (tertiary alicyclic amines) is 1. The number of nitrogens with one attached hydrogen (secondary N) is 1. The molecule has 5 aliphatic rings. The highest BCUT2D eigenvalue weighted by Gasteiger charge is 2.67. The number of anilines is 1. The largest absolute Gasteiger partial charge is 0.457 e. The van der Waals surface area contributed by atoms with Crippen molar-refractivity contribution in [3.63, 3.8) is 0 Å². The lowest BCUT2D eigenvalue weighted by Crippen LogP contribution is -2.40. The van der Waals surface area contributed by atoms with Gasteiger partial charge < -0.3 is 10.1 Å². The van der Waals surface area contributed by atoms with Crippen molar-refractivity contribution in [3.8, 4) is 11.5 Å². The number of hydrogen-bond donors (Lipinski definition) is 1. The number of aryl methyl sites for hydroxylation is 2. The Kier molecular flexibility index (Phi) is 4.47. The van der Waals surface area contributed by atoms with Crippen LogP contribution in [-0.2, 0) is 14.4 Å². The number of allylic oxidation sites excluding steroid dienone is 2. The Morgan fingerprint density at radius 3 is 2.06 bits per heavy atom. The minimum Gasteiger partial charge on any atom is -0.457 e. The molecule has 2 saturated carbocycles. The molecule has 1 heterocycles. The summed E-state index contributed by atoms with van der Waals surface area (Å²) in [4.78, 5) is 39.9. The third kappa shape index (κ3) is 3.36. The van der Waals surface area contributed by atoms with Gasteiger partial charge in [-0.15, -0.1) is 0 Å². The van der Waals surface area contributed by atoms with E-state index in [1.807, 2.05) is 26.0 Å². The minimum atomic E-state index is -0.371. The van der Waals surface area contributed by atoms with Gasteiger partial charge in [-0.3, -0.25) is 19.3 Å². The van der Waals surface area contributed by atoms with E-state index < -0.39 is 0 Å². The van der Waals surface area contributed by atoms with Gasteiger partial charge >= 0.3 is 0 Å². The molecule has 1 saturated heterocycles. The first-order valence-corrected chi connectivity index (χ1v) is 11.6. The van der Waals surface area contributed by atoms with Crippen LogP contribution in [0.5, 0.6) is 11.5 Å². The van der Waals surface area contributed by atoms with Crippen molar-refractivity contribution < 1.29 is 19.1 Å². The monoisotopic (exact) mass is 442 g/mol. The molecule has 1 aliphatic heterocycles. The first kappa shape index (κ1) is 20.2. The number of rotatable bonds is 5. The number of ether oxygens (including phenoxy) is 1. The van der Waals surface area contributed by atoms with Gasteiger partial charge in [-0.1, -0.05) is 18.2 Å². The van der Waals surface area contributed by atoms with Crippen LogP contribution in [0.4, 0.5) is 5.69 Å². The highest BCUT2D eigenvalue weighted by Crippen LogP contribution is 2.65. The number of benzene rings is 2. The van der Waals surface area contributed by atoms with E-state index in [2.05, 4.69) is 23.5 Å². The molecule has 0 unspecified atom stereocenters. The molecule has 2 aromatic carbocycles. The molecule has 6 heteroatoms. The zero-order chi connectivity index (χ0) is 22.9. The van der Waals surface area contributed by atoms with Crippen LogP contribution in [-0.4, -0.2) is 29.2 Å². The molecule has 7 rings (SSSR count). The predicted molar refractivity (Wildman–Crippen MR) is 122 cm³/mol. The first-order valence-electron chi connectivity index (χ1n) is 11.6. The van der Waals surface area contributed by atoms with Crippen molar-refractivity contribution in [1.29, 1.82) is 0 Å². The van der Waals surface area contributed by atoms with Crippen LogP contribution < -0.4 is 10.1 Å². The van der Waals surface area contributed by atoms with E-state index >= 15 is 0 Å². The van der Waals surface area contributed by atoms with Crippen molar-refractivity contribution in [2.45, 2.75) is 20.3 Å². The second-order valence-corrected chi connectivity index (χ2v) is 9.92. The molecular weight excluding hydrogens is 416 g/mol. The molecular formula is C27H26N2O4. The highest BCUT2D eigenvalue weighted by molar-refractivity contribution is 6.09. The normalized spacial score (nSPS) is 30.8. The predicted octanol–water partition coefficient (Wildman–Crippen LogP) is 4.09. The molecule has 6 atom stereocenters. The second kappa shape index (κ2) is 7.30. The topological polar surface area (TPSA) is 75.7 Å². The van der Waals surface area contributed by atoms with E-state index in [4.69, 9.17) is 4.74 Å². The van der Waals surface area contributed by atoms with Crippen molar-refractivity contribution in [2.24, 2.45) is 35.5 Å². The van der Waals surface area contributed by atoms with Crippen LogP contribution in [0, 0.1) is 49.4 Å². The van der Waals surface area contributed by atoms with Crippen molar-refractivity contribution in [3.05, 3.63) is 65.7 Å². The fourth-order valence-electron chi connectivity index (χ4n) is 6.25. The number of carbonyl (C=O) groups is 3. The van der Waals surface area contributed by atoms with Gasteiger partial charge in [0, 0.05) is 5.69 Å². The highest BCUT2D eigenvalue weighted by atomic mass is 16.5. The Hall–Kier alpha value is -3.41. The molecule has 2 aromatic rings. The van der Waals surface area contributed by atoms with Gasteiger partial charge in [-0.25, -0.2) is 0 Å². The molecule has 0 aromatic heterocycles. The first-order chi connectivity index (χ1) is 15.9. The number of nitrogens with zero attached hydrogens (tertiary/aromatic N) is 1. The quantitative estimate of drug-likeness (QED) is 0.559. The molecule has 6 nitrogen and oxygen atoms in total.